The number of ether oxygens (including phenoxy) is 1. The Hall–Kier alpha value is -3.26. The summed E-state index contributed by atoms with van der Waals surface area (Å²) in [6.07, 6.45) is 0. The average Bonchev–Trinajstić information content (AvgIpc) is 3.30. The molecule has 4 rings (SSSR count). The molecule has 0 radical (unpaired) electrons. The fourth-order valence-corrected chi connectivity index (χ4v) is 3.44. The lowest BCUT2D eigenvalue weighted by Gasteiger charge is -2.03. The molecule has 0 fully saturated rings. The maximum Gasteiger partial charge on any atom is 0.165 e. The maximum absolute atomic E-state index is 13.1. The fourth-order valence-electron chi connectivity index (χ4n) is 2.62. The average molecular weight is 381 g/mol. The molecule has 0 bridgehead atoms. The molecule has 0 amide bonds. The Morgan fingerprint density at radius 2 is 1.85 bits per heavy atom. The lowest BCUT2D eigenvalue weighted by molar-refractivity contribution is 0.340. The van der Waals surface area contributed by atoms with E-state index in [4.69, 9.17) is 10.5 Å². The number of hydrogen-bond donors (Lipinski definition) is 1. The summed E-state index contributed by atoms with van der Waals surface area (Å²) in [5, 5.41) is 10.8. The molecule has 0 unspecified atom stereocenters. The van der Waals surface area contributed by atoms with Crippen LogP contribution in [0.4, 0.5) is 10.2 Å². The smallest absolute Gasteiger partial charge is 0.165 e. The Labute approximate surface area is 159 Å². The summed E-state index contributed by atoms with van der Waals surface area (Å²) >= 11 is 1.44. The number of hydrogen-bond acceptors (Lipinski definition) is 6. The quantitative estimate of drug-likeness (QED) is 0.561. The van der Waals surface area contributed by atoms with E-state index in [2.05, 4.69) is 15.3 Å². The number of benzene rings is 2. The molecule has 136 valence electrons. The number of aromatic nitrogens is 4. The second kappa shape index (κ2) is 7.16. The van der Waals surface area contributed by atoms with Gasteiger partial charge in [0.1, 0.15) is 16.6 Å². The normalized spacial score (nSPS) is 10.9. The van der Waals surface area contributed by atoms with E-state index in [0.29, 0.717) is 28.8 Å². The van der Waals surface area contributed by atoms with Gasteiger partial charge >= 0.3 is 0 Å². The maximum atomic E-state index is 13.1. The lowest BCUT2D eigenvalue weighted by atomic mass is 10.2. The molecular formula is C19H16FN5OS. The topological polar surface area (TPSA) is 78.9 Å². The van der Waals surface area contributed by atoms with Gasteiger partial charge in [0.25, 0.3) is 0 Å². The van der Waals surface area contributed by atoms with Gasteiger partial charge in [-0.2, -0.15) is 4.68 Å². The van der Waals surface area contributed by atoms with Crippen LogP contribution in [0.15, 0.2) is 53.9 Å². The Morgan fingerprint density at radius 1 is 1.11 bits per heavy atom. The van der Waals surface area contributed by atoms with Crippen LogP contribution in [0, 0.1) is 5.82 Å². The molecule has 2 aromatic carbocycles. The van der Waals surface area contributed by atoms with Crippen LogP contribution in [-0.4, -0.2) is 26.6 Å². The molecule has 27 heavy (non-hydrogen) atoms. The second-order valence-electron chi connectivity index (χ2n) is 5.71. The van der Waals surface area contributed by atoms with Crippen LogP contribution >= 0.6 is 11.3 Å². The van der Waals surface area contributed by atoms with Gasteiger partial charge in [-0.1, -0.05) is 5.21 Å². The molecule has 8 heteroatoms. The second-order valence-corrected chi connectivity index (χ2v) is 6.56. The van der Waals surface area contributed by atoms with Crippen LogP contribution in [-0.2, 0) is 0 Å². The van der Waals surface area contributed by atoms with Crippen LogP contribution in [0.5, 0.6) is 5.75 Å². The van der Waals surface area contributed by atoms with Gasteiger partial charge in [-0.15, -0.1) is 16.4 Å². The number of rotatable bonds is 5. The predicted molar refractivity (Wildman–Crippen MR) is 103 cm³/mol. The summed E-state index contributed by atoms with van der Waals surface area (Å²) in [4.78, 5) is 4.63. The molecular weight excluding hydrogens is 365 g/mol. The van der Waals surface area contributed by atoms with Gasteiger partial charge < -0.3 is 10.5 Å². The van der Waals surface area contributed by atoms with Crippen molar-refractivity contribution in [3.05, 3.63) is 59.7 Å². The highest BCUT2D eigenvalue weighted by Crippen LogP contribution is 2.32. The van der Waals surface area contributed by atoms with Crippen LogP contribution in [0.3, 0.4) is 0 Å². The van der Waals surface area contributed by atoms with Crippen molar-refractivity contribution >= 4 is 17.2 Å². The van der Waals surface area contributed by atoms with E-state index in [1.807, 2.05) is 36.6 Å². The largest absolute Gasteiger partial charge is 0.494 e. The molecule has 0 aliphatic heterocycles. The van der Waals surface area contributed by atoms with Crippen LogP contribution in [0.1, 0.15) is 6.92 Å². The Kier molecular flexibility index (Phi) is 4.55. The molecule has 0 spiro atoms. The standard InChI is InChI=1S/C19H16FN5OS/c1-2-26-15-9-3-12(4-10-15)16-11-27-19(22-16)17-18(21)25(24-23-17)14-7-5-13(20)6-8-14/h3-11H,2,21H2,1H3. The minimum absolute atomic E-state index is 0.322. The zero-order chi connectivity index (χ0) is 18.8. The van der Waals surface area contributed by atoms with E-state index >= 15 is 0 Å². The SMILES string of the molecule is CCOc1ccc(-c2csc(-c3nnn(-c4ccc(F)cc4)c3N)n2)cc1. The van der Waals surface area contributed by atoms with Crippen molar-refractivity contribution in [1.29, 1.82) is 0 Å². The number of halogens is 1. The van der Waals surface area contributed by atoms with Gasteiger partial charge in [-0.05, 0) is 55.5 Å². The third-order valence-corrected chi connectivity index (χ3v) is 4.79. The minimum atomic E-state index is -0.322. The van der Waals surface area contributed by atoms with E-state index in [9.17, 15) is 4.39 Å². The van der Waals surface area contributed by atoms with Crippen LogP contribution < -0.4 is 10.5 Å². The fraction of sp³-hybridized carbons (Fsp3) is 0.105. The number of nitrogen functional groups attached to an aromatic ring is 1. The Bertz CT molecular complexity index is 1060. The zero-order valence-electron chi connectivity index (χ0n) is 14.5. The van der Waals surface area contributed by atoms with Gasteiger partial charge in [0.2, 0.25) is 0 Å². The third kappa shape index (κ3) is 3.39. The van der Waals surface area contributed by atoms with Crippen molar-refractivity contribution < 1.29 is 9.13 Å². The number of nitrogens with zero attached hydrogens (tertiary/aromatic N) is 4. The molecule has 0 aliphatic carbocycles. The molecule has 0 atom stereocenters. The van der Waals surface area contributed by atoms with Gasteiger partial charge in [-0.3, -0.25) is 0 Å². The van der Waals surface area contributed by atoms with Crippen molar-refractivity contribution in [2.45, 2.75) is 6.92 Å². The highest BCUT2D eigenvalue weighted by molar-refractivity contribution is 7.13. The van der Waals surface area contributed by atoms with E-state index in [0.717, 1.165) is 17.0 Å². The summed E-state index contributed by atoms with van der Waals surface area (Å²) in [5.41, 5.74) is 9.14. The summed E-state index contributed by atoms with van der Waals surface area (Å²) in [6.45, 7) is 2.58. The monoisotopic (exact) mass is 381 g/mol. The van der Waals surface area contributed by atoms with Gasteiger partial charge in [0.05, 0.1) is 18.0 Å². The molecule has 4 aromatic rings. The molecule has 0 aliphatic rings. The first kappa shape index (κ1) is 17.2. The van der Waals surface area contributed by atoms with Crippen molar-refractivity contribution in [3.8, 4) is 33.4 Å². The van der Waals surface area contributed by atoms with Crippen molar-refractivity contribution in [3.63, 3.8) is 0 Å². The lowest BCUT2D eigenvalue weighted by Crippen LogP contribution is -2.02. The molecule has 0 saturated carbocycles. The Balaban J connectivity index is 1.63. The zero-order valence-corrected chi connectivity index (χ0v) is 15.3. The van der Waals surface area contributed by atoms with Gasteiger partial charge in [0.15, 0.2) is 11.5 Å². The number of thiazole rings is 1. The molecule has 0 saturated heterocycles. The van der Waals surface area contributed by atoms with Crippen molar-refractivity contribution in [2.24, 2.45) is 0 Å². The molecule has 2 heterocycles. The highest BCUT2D eigenvalue weighted by atomic mass is 32.1. The summed E-state index contributed by atoms with van der Waals surface area (Å²) in [6, 6.07) is 13.6. The van der Waals surface area contributed by atoms with Crippen molar-refractivity contribution in [1.82, 2.24) is 20.0 Å². The van der Waals surface area contributed by atoms with Gasteiger partial charge in [0, 0.05) is 10.9 Å². The summed E-state index contributed by atoms with van der Waals surface area (Å²) < 4.78 is 20.0. The first-order valence-corrected chi connectivity index (χ1v) is 9.20. The number of nitrogens with two attached hydrogens (primary N) is 1. The van der Waals surface area contributed by atoms with Crippen LogP contribution in [0.2, 0.25) is 0 Å². The van der Waals surface area contributed by atoms with Crippen LogP contribution in [0.25, 0.3) is 27.6 Å². The highest BCUT2D eigenvalue weighted by Gasteiger charge is 2.17. The van der Waals surface area contributed by atoms with Gasteiger partial charge in [-0.25, -0.2) is 9.37 Å². The number of anilines is 1. The van der Waals surface area contributed by atoms with Crippen molar-refractivity contribution in [2.75, 3.05) is 12.3 Å². The minimum Gasteiger partial charge on any atom is -0.494 e. The van der Waals surface area contributed by atoms with E-state index in [-0.39, 0.29) is 5.82 Å². The summed E-state index contributed by atoms with van der Waals surface area (Å²) in [5.74, 6) is 0.856. The van der Waals surface area contributed by atoms with E-state index in [1.54, 1.807) is 12.1 Å². The predicted octanol–water partition coefficient (Wildman–Crippen LogP) is 4.18. The first-order valence-electron chi connectivity index (χ1n) is 8.32. The first-order chi connectivity index (χ1) is 13.2. The third-order valence-electron chi connectivity index (χ3n) is 3.94. The molecule has 2 N–H and O–H groups in total. The Morgan fingerprint density at radius 3 is 2.56 bits per heavy atom. The van der Waals surface area contributed by atoms with E-state index in [1.165, 1.54) is 28.2 Å². The summed E-state index contributed by atoms with van der Waals surface area (Å²) in [7, 11) is 0. The molecule has 6 nitrogen and oxygen atoms in total. The molecule has 2 aromatic heterocycles. The van der Waals surface area contributed by atoms with E-state index < -0.39 is 0 Å².